The minimum absolute atomic E-state index is 0. The summed E-state index contributed by atoms with van der Waals surface area (Å²) in [5.41, 5.74) is 2.64. The maximum atomic E-state index is 5.73. The van der Waals surface area contributed by atoms with Crippen LogP contribution in [0.4, 0.5) is 0 Å². The molecule has 1 aromatic heterocycles. The molecule has 0 radical (unpaired) electrons. The Morgan fingerprint density at radius 1 is 0.970 bits per heavy atom. The highest BCUT2D eigenvalue weighted by atomic mass is 127. The summed E-state index contributed by atoms with van der Waals surface area (Å²) in [5.74, 6) is 1.84. The molecule has 2 N–H and O–H groups in total. The number of aliphatic imine (C=N–C) groups is 1. The first-order valence-corrected chi connectivity index (χ1v) is 11.9. The summed E-state index contributed by atoms with van der Waals surface area (Å²) in [7, 11) is 4.03. The number of furan rings is 1. The molecule has 0 saturated carbocycles. The van der Waals surface area contributed by atoms with Crippen LogP contribution < -0.4 is 10.6 Å². The molecule has 8 heteroatoms. The van der Waals surface area contributed by atoms with Gasteiger partial charge >= 0.3 is 0 Å². The summed E-state index contributed by atoms with van der Waals surface area (Å²) in [6.45, 7) is 9.44. The summed E-state index contributed by atoms with van der Waals surface area (Å²) in [6, 6.07) is 13.2. The van der Waals surface area contributed by atoms with Crippen molar-refractivity contribution in [2.75, 3.05) is 59.9 Å². The Hall–Kier alpha value is -1.62. The van der Waals surface area contributed by atoms with Gasteiger partial charge in [0.2, 0.25) is 0 Å². The van der Waals surface area contributed by atoms with Gasteiger partial charge < -0.3 is 20.0 Å². The fourth-order valence-corrected chi connectivity index (χ4v) is 4.57. The molecule has 2 aliphatic heterocycles. The first-order valence-electron chi connectivity index (χ1n) is 11.9. The molecule has 4 rings (SSSR count). The fraction of sp³-hybridized carbons (Fsp3) is 0.560. The zero-order valence-electron chi connectivity index (χ0n) is 20.0. The number of nitrogens with one attached hydrogen (secondary N) is 2. The van der Waals surface area contributed by atoms with Crippen molar-refractivity contribution in [3.05, 3.63) is 59.5 Å². The van der Waals surface area contributed by atoms with E-state index < -0.39 is 0 Å². The molecule has 1 atom stereocenters. The lowest BCUT2D eigenvalue weighted by atomic mass is 10.1. The van der Waals surface area contributed by atoms with Crippen molar-refractivity contribution in [3.8, 4) is 0 Å². The summed E-state index contributed by atoms with van der Waals surface area (Å²) in [6.07, 6.45) is 4.28. The normalized spacial score (nSPS) is 19.3. The van der Waals surface area contributed by atoms with E-state index in [2.05, 4.69) is 67.7 Å². The number of rotatable bonds is 8. The molecule has 0 aliphatic carbocycles. The number of benzene rings is 1. The van der Waals surface area contributed by atoms with Gasteiger partial charge in [-0.15, -0.1) is 24.0 Å². The number of likely N-dealkylation sites (N-methyl/N-ethyl adjacent to an activating group) is 1. The molecule has 182 valence electrons. The van der Waals surface area contributed by atoms with Gasteiger partial charge in [-0.05, 0) is 56.2 Å². The predicted octanol–water partition coefficient (Wildman–Crippen LogP) is 3.15. The van der Waals surface area contributed by atoms with Crippen molar-refractivity contribution in [1.82, 2.24) is 25.3 Å². The average molecular weight is 567 g/mol. The first-order chi connectivity index (χ1) is 15.7. The highest BCUT2D eigenvalue weighted by molar-refractivity contribution is 14.0. The number of guanidine groups is 1. The maximum Gasteiger partial charge on any atom is 0.191 e. The number of halogens is 1. The van der Waals surface area contributed by atoms with Crippen molar-refractivity contribution >= 4 is 29.9 Å². The quantitative estimate of drug-likeness (QED) is 0.291. The van der Waals surface area contributed by atoms with E-state index >= 15 is 0 Å². The van der Waals surface area contributed by atoms with E-state index in [1.54, 1.807) is 6.26 Å². The Bertz CT molecular complexity index is 827. The minimum atomic E-state index is 0. The summed E-state index contributed by atoms with van der Waals surface area (Å²) >= 11 is 0. The standard InChI is InChI=1S/C25H38N6O.HI/c1-26-25(28-19-23(24-6-5-17-32-24)31-11-3-4-12-31)27-18-21-7-9-22(10-8-21)20-30-15-13-29(2)14-16-30;/h5-10,17,23H,3-4,11-16,18-20H2,1-2H3,(H2,26,27,28);1H. The number of hydrogen-bond acceptors (Lipinski definition) is 5. The highest BCUT2D eigenvalue weighted by Gasteiger charge is 2.25. The summed E-state index contributed by atoms with van der Waals surface area (Å²) < 4.78 is 5.73. The van der Waals surface area contributed by atoms with Crippen molar-refractivity contribution in [3.63, 3.8) is 0 Å². The van der Waals surface area contributed by atoms with Crippen LogP contribution in [-0.2, 0) is 13.1 Å². The van der Waals surface area contributed by atoms with Crippen LogP contribution in [-0.4, -0.2) is 80.6 Å². The Morgan fingerprint density at radius 3 is 2.30 bits per heavy atom. The smallest absolute Gasteiger partial charge is 0.191 e. The van der Waals surface area contributed by atoms with E-state index in [-0.39, 0.29) is 30.0 Å². The number of likely N-dealkylation sites (tertiary alicyclic amines) is 1. The molecule has 2 fully saturated rings. The monoisotopic (exact) mass is 566 g/mol. The average Bonchev–Trinajstić information content (AvgIpc) is 3.54. The second-order valence-corrected chi connectivity index (χ2v) is 8.98. The van der Waals surface area contributed by atoms with E-state index in [0.29, 0.717) is 0 Å². The third kappa shape index (κ3) is 7.70. The van der Waals surface area contributed by atoms with Gasteiger partial charge in [0, 0.05) is 52.9 Å². The summed E-state index contributed by atoms with van der Waals surface area (Å²) in [5, 5.41) is 6.96. The molecule has 33 heavy (non-hydrogen) atoms. The second-order valence-electron chi connectivity index (χ2n) is 8.98. The molecular formula is C25H39IN6O. The molecule has 2 aromatic rings. The third-order valence-corrected chi connectivity index (χ3v) is 6.62. The fourth-order valence-electron chi connectivity index (χ4n) is 4.57. The van der Waals surface area contributed by atoms with Crippen LogP contribution in [0.15, 0.2) is 52.1 Å². The number of piperazine rings is 1. The molecule has 2 saturated heterocycles. The lowest BCUT2D eigenvalue weighted by molar-refractivity contribution is 0.148. The van der Waals surface area contributed by atoms with Gasteiger partial charge in [0.05, 0.1) is 12.3 Å². The molecule has 7 nitrogen and oxygen atoms in total. The molecule has 0 spiro atoms. The third-order valence-electron chi connectivity index (χ3n) is 6.62. The molecule has 2 aliphatic rings. The highest BCUT2D eigenvalue weighted by Crippen LogP contribution is 2.24. The molecule has 1 aromatic carbocycles. The van der Waals surface area contributed by atoms with Crippen molar-refractivity contribution in [2.45, 2.75) is 32.0 Å². The van der Waals surface area contributed by atoms with Gasteiger partial charge in [0.1, 0.15) is 5.76 Å². The van der Waals surface area contributed by atoms with Gasteiger partial charge in [-0.2, -0.15) is 0 Å². The van der Waals surface area contributed by atoms with Crippen molar-refractivity contribution < 1.29 is 4.42 Å². The van der Waals surface area contributed by atoms with Crippen LogP contribution >= 0.6 is 24.0 Å². The molecule has 0 bridgehead atoms. The molecule has 3 heterocycles. The zero-order chi connectivity index (χ0) is 22.2. The minimum Gasteiger partial charge on any atom is -0.468 e. The number of nitrogens with zero attached hydrogens (tertiary/aromatic N) is 4. The van der Waals surface area contributed by atoms with Gasteiger partial charge in [0.25, 0.3) is 0 Å². The Morgan fingerprint density at radius 2 is 1.67 bits per heavy atom. The second kappa shape index (κ2) is 13.3. The Kier molecular flexibility index (Phi) is 10.5. The molecule has 0 amide bonds. The van der Waals surface area contributed by atoms with Crippen LogP contribution in [0.3, 0.4) is 0 Å². The van der Waals surface area contributed by atoms with E-state index in [9.17, 15) is 0 Å². The Labute approximate surface area is 215 Å². The van der Waals surface area contributed by atoms with Crippen LogP contribution in [0.2, 0.25) is 0 Å². The lowest BCUT2D eigenvalue weighted by Crippen LogP contribution is -2.43. The van der Waals surface area contributed by atoms with Crippen LogP contribution in [0, 0.1) is 0 Å². The molecular weight excluding hydrogens is 527 g/mol. The van der Waals surface area contributed by atoms with Crippen LogP contribution in [0.1, 0.15) is 35.8 Å². The predicted molar refractivity (Wildman–Crippen MR) is 145 cm³/mol. The Balaban J connectivity index is 0.00000306. The van der Waals surface area contributed by atoms with E-state index in [1.165, 1.54) is 24.0 Å². The van der Waals surface area contributed by atoms with Crippen molar-refractivity contribution in [2.24, 2.45) is 4.99 Å². The first kappa shape index (κ1) is 26.0. The van der Waals surface area contributed by atoms with Gasteiger partial charge in [0.15, 0.2) is 5.96 Å². The van der Waals surface area contributed by atoms with Crippen molar-refractivity contribution in [1.29, 1.82) is 0 Å². The van der Waals surface area contributed by atoms with Crippen LogP contribution in [0.25, 0.3) is 0 Å². The topological polar surface area (TPSA) is 59.3 Å². The van der Waals surface area contributed by atoms with Gasteiger partial charge in [-0.1, -0.05) is 24.3 Å². The van der Waals surface area contributed by atoms with Gasteiger partial charge in [-0.3, -0.25) is 14.8 Å². The SMILES string of the molecule is CN=C(NCc1ccc(CN2CCN(C)CC2)cc1)NCC(c1ccco1)N1CCCC1.I. The van der Waals surface area contributed by atoms with E-state index in [0.717, 1.165) is 70.6 Å². The lowest BCUT2D eigenvalue weighted by Gasteiger charge is -2.32. The molecule has 1 unspecified atom stereocenters. The zero-order valence-corrected chi connectivity index (χ0v) is 22.3. The summed E-state index contributed by atoms with van der Waals surface area (Å²) in [4.78, 5) is 11.9. The maximum absolute atomic E-state index is 5.73. The largest absolute Gasteiger partial charge is 0.468 e. The van der Waals surface area contributed by atoms with E-state index in [4.69, 9.17) is 4.42 Å². The number of hydrogen-bond donors (Lipinski definition) is 2. The van der Waals surface area contributed by atoms with Crippen LogP contribution in [0.5, 0.6) is 0 Å². The van der Waals surface area contributed by atoms with Gasteiger partial charge in [-0.25, -0.2) is 0 Å². The van der Waals surface area contributed by atoms with E-state index in [1.807, 2.05) is 13.1 Å².